The second kappa shape index (κ2) is 6.83. The third-order valence-electron chi connectivity index (χ3n) is 4.57. The van der Waals surface area contributed by atoms with Gasteiger partial charge in [0.2, 0.25) is 0 Å². The smallest absolute Gasteiger partial charge is 0.120 e. The molecule has 0 bridgehead atoms. The molecule has 2 aromatic carbocycles. The summed E-state index contributed by atoms with van der Waals surface area (Å²) in [5, 5.41) is 2.50. The summed E-state index contributed by atoms with van der Waals surface area (Å²) in [6, 6.07) is 12.8. The molecule has 1 aliphatic rings. The lowest BCUT2D eigenvalue weighted by molar-refractivity contribution is 0.128. The van der Waals surface area contributed by atoms with Gasteiger partial charge in [0.1, 0.15) is 5.75 Å². The second-order valence-corrected chi connectivity index (χ2v) is 7.12. The average Bonchev–Trinajstić information content (AvgIpc) is 2.49. The van der Waals surface area contributed by atoms with Gasteiger partial charge >= 0.3 is 0 Å². The highest BCUT2D eigenvalue weighted by molar-refractivity contribution is 9.10. The molecule has 1 nitrogen and oxygen atoms in total. The second-order valence-electron chi connectivity index (χ2n) is 6.20. The molecule has 0 heterocycles. The molecule has 0 radical (unpaired) electrons. The van der Waals surface area contributed by atoms with Gasteiger partial charge in [-0.05, 0) is 66.6 Å². The largest absolute Gasteiger partial charge is 0.490 e. The number of rotatable bonds is 4. The zero-order valence-electron chi connectivity index (χ0n) is 12.6. The molecule has 0 spiro atoms. The molecule has 0 saturated heterocycles. The number of fused-ring (bicyclic) bond motifs is 1. The molecule has 0 N–H and O–H groups in total. The highest BCUT2D eigenvalue weighted by atomic mass is 79.9. The minimum absolute atomic E-state index is 0.405. The van der Waals surface area contributed by atoms with Crippen molar-refractivity contribution >= 4 is 26.7 Å². The lowest BCUT2D eigenvalue weighted by Crippen LogP contribution is -2.24. The van der Waals surface area contributed by atoms with Crippen molar-refractivity contribution in [2.24, 2.45) is 5.92 Å². The minimum atomic E-state index is 0.405. The van der Waals surface area contributed by atoms with E-state index in [1.54, 1.807) is 0 Å². The first-order valence-corrected chi connectivity index (χ1v) is 8.90. The molecule has 1 aliphatic carbocycles. The topological polar surface area (TPSA) is 9.23 Å². The maximum atomic E-state index is 6.21. The zero-order valence-corrected chi connectivity index (χ0v) is 14.2. The van der Waals surface area contributed by atoms with Gasteiger partial charge in [0.25, 0.3) is 0 Å². The van der Waals surface area contributed by atoms with Gasteiger partial charge in [0.15, 0.2) is 0 Å². The van der Waals surface area contributed by atoms with Crippen LogP contribution in [-0.4, -0.2) is 6.10 Å². The van der Waals surface area contributed by atoms with E-state index < -0.39 is 0 Å². The molecule has 0 amide bonds. The summed E-state index contributed by atoms with van der Waals surface area (Å²) in [7, 11) is 0. The molecule has 1 fully saturated rings. The normalized spacial score (nSPS) is 22.4. The van der Waals surface area contributed by atoms with Crippen molar-refractivity contribution in [2.45, 2.75) is 51.6 Å². The molecule has 3 rings (SSSR count). The van der Waals surface area contributed by atoms with E-state index in [2.05, 4.69) is 59.3 Å². The number of ether oxygens (including phenoxy) is 1. The fourth-order valence-corrected chi connectivity index (χ4v) is 3.79. The highest BCUT2D eigenvalue weighted by Gasteiger charge is 2.21. The van der Waals surface area contributed by atoms with Gasteiger partial charge in [-0.2, -0.15) is 0 Å². The van der Waals surface area contributed by atoms with E-state index in [-0.39, 0.29) is 0 Å². The zero-order chi connectivity index (χ0) is 14.7. The first-order valence-electron chi connectivity index (χ1n) is 8.10. The predicted molar refractivity (Wildman–Crippen MR) is 92.9 cm³/mol. The van der Waals surface area contributed by atoms with Crippen LogP contribution in [0.3, 0.4) is 0 Å². The number of benzene rings is 2. The van der Waals surface area contributed by atoms with E-state index in [1.807, 2.05) is 0 Å². The molecular weight excluding hydrogens is 324 g/mol. The molecule has 21 heavy (non-hydrogen) atoms. The number of halogens is 1. The van der Waals surface area contributed by atoms with E-state index in [9.17, 15) is 0 Å². The van der Waals surface area contributed by atoms with Crippen molar-refractivity contribution in [1.29, 1.82) is 0 Å². The minimum Gasteiger partial charge on any atom is -0.490 e. The highest BCUT2D eigenvalue weighted by Crippen LogP contribution is 2.31. The SMILES string of the molecule is CCCC1CCC(Oc2ccc3ccc(Br)cc3c2)CC1. The van der Waals surface area contributed by atoms with Crippen molar-refractivity contribution in [3.05, 3.63) is 40.9 Å². The molecule has 0 unspecified atom stereocenters. The number of hydrogen-bond acceptors (Lipinski definition) is 1. The lowest BCUT2D eigenvalue weighted by atomic mass is 9.85. The van der Waals surface area contributed by atoms with Gasteiger partial charge in [-0.1, -0.05) is 47.8 Å². The summed E-state index contributed by atoms with van der Waals surface area (Å²) in [6.07, 6.45) is 8.19. The van der Waals surface area contributed by atoms with E-state index in [1.165, 1.54) is 49.3 Å². The van der Waals surface area contributed by atoms with Crippen LogP contribution in [0, 0.1) is 5.92 Å². The Balaban J connectivity index is 1.65. The van der Waals surface area contributed by atoms with Crippen LogP contribution < -0.4 is 4.74 Å². The standard InChI is InChI=1S/C19H23BrO/c1-2-3-14-4-9-18(10-5-14)21-19-11-7-15-6-8-17(20)12-16(15)13-19/h6-8,11-14,18H,2-5,9-10H2,1H3. The lowest BCUT2D eigenvalue weighted by Gasteiger charge is -2.28. The van der Waals surface area contributed by atoms with Crippen LogP contribution in [0.15, 0.2) is 40.9 Å². The summed E-state index contributed by atoms with van der Waals surface area (Å²) in [5.74, 6) is 1.95. The molecule has 0 aromatic heterocycles. The van der Waals surface area contributed by atoms with Crippen LogP contribution in [-0.2, 0) is 0 Å². The van der Waals surface area contributed by atoms with E-state index in [0.717, 1.165) is 16.1 Å². The van der Waals surface area contributed by atoms with Gasteiger partial charge < -0.3 is 4.74 Å². The first kappa shape index (κ1) is 14.9. The summed E-state index contributed by atoms with van der Waals surface area (Å²) in [4.78, 5) is 0. The first-order chi connectivity index (χ1) is 10.2. The maximum absolute atomic E-state index is 6.21. The third-order valence-corrected chi connectivity index (χ3v) is 5.06. The Morgan fingerprint density at radius 2 is 1.76 bits per heavy atom. The monoisotopic (exact) mass is 346 g/mol. The van der Waals surface area contributed by atoms with Crippen molar-refractivity contribution in [3.63, 3.8) is 0 Å². The summed E-state index contributed by atoms with van der Waals surface area (Å²) < 4.78 is 7.33. The van der Waals surface area contributed by atoms with E-state index in [0.29, 0.717) is 6.10 Å². The van der Waals surface area contributed by atoms with E-state index >= 15 is 0 Å². The van der Waals surface area contributed by atoms with Crippen LogP contribution in [0.1, 0.15) is 45.4 Å². The molecule has 2 heteroatoms. The summed E-state index contributed by atoms with van der Waals surface area (Å²) in [5.41, 5.74) is 0. The Hall–Kier alpha value is -1.02. The van der Waals surface area contributed by atoms with Crippen LogP contribution >= 0.6 is 15.9 Å². The average molecular weight is 347 g/mol. The fourth-order valence-electron chi connectivity index (χ4n) is 3.41. The van der Waals surface area contributed by atoms with Crippen molar-refractivity contribution in [1.82, 2.24) is 0 Å². The van der Waals surface area contributed by atoms with Crippen LogP contribution in [0.25, 0.3) is 10.8 Å². The van der Waals surface area contributed by atoms with Gasteiger partial charge in [-0.15, -0.1) is 0 Å². The summed E-state index contributed by atoms with van der Waals surface area (Å²) >= 11 is 3.54. The molecular formula is C19H23BrO. The van der Waals surface area contributed by atoms with Crippen LogP contribution in [0.5, 0.6) is 5.75 Å². The van der Waals surface area contributed by atoms with Gasteiger partial charge in [0, 0.05) is 4.47 Å². The Morgan fingerprint density at radius 1 is 1.00 bits per heavy atom. The van der Waals surface area contributed by atoms with Crippen molar-refractivity contribution in [3.8, 4) is 5.75 Å². The quantitative estimate of drug-likeness (QED) is 0.627. The Kier molecular flexibility index (Phi) is 4.84. The van der Waals surface area contributed by atoms with Crippen LogP contribution in [0.2, 0.25) is 0 Å². The molecule has 2 aromatic rings. The fraction of sp³-hybridized carbons (Fsp3) is 0.474. The maximum Gasteiger partial charge on any atom is 0.120 e. The molecule has 0 atom stereocenters. The Morgan fingerprint density at radius 3 is 2.52 bits per heavy atom. The Bertz CT molecular complexity index is 600. The van der Waals surface area contributed by atoms with E-state index in [4.69, 9.17) is 4.74 Å². The molecule has 0 aliphatic heterocycles. The van der Waals surface area contributed by atoms with Gasteiger partial charge in [0.05, 0.1) is 6.10 Å². The van der Waals surface area contributed by atoms with Gasteiger partial charge in [-0.25, -0.2) is 0 Å². The summed E-state index contributed by atoms with van der Waals surface area (Å²) in [6.45, 7) is 2.29. The molecule has 1 saturated carbocycles. The number of hydrogen-bond donors (Lipinski definition) is 0. The Labute approximate surface area is 135 Å². The van der Waals surface area contributed by atoms with Crippen LogP contribution in [0.4, 0.5) is 0 Å². The third kappa shape index (κ3) is 3.79. The van der Waals surface area contributed by atoms with Crippen molar-refractivity contribution in [2.75, 3.05) is 0 Å². The predicted octanol–water partition coefficient (Wildman–Crippen LogP) is 6.34. The molecule has 112 valence electrons. The van der Waals surface area contributed by atoms with Gasteiger partial charge in [-0.3, -0.25) is 0 Å². The van der Waals surface area contributed by atoms with Crippen molar-refractivity contribution < 1.29 is 4.74 Å².